The van der Waals surface area contributed by atoms with E-state index in [2.05, 4.69) is 19.7 Å². The Labute approximate surface area is 318 Å². The van der Waals surface area contributed by atoms with E-state index in [0.717, 1.165) is 42.7 Å². The molecule has 0 radical (unpaired) electrons. The molecule has 0 aliphatic carbocycles. The smallest absolute Gasteiger partial charge is 0.351 e. The summed E-state index contributed by atoms with van der Waals surface area (Å²) >= 11 is 0. The van der Waals surface area contributed by atoms with Gasteiger partial charge in [-0.2, -0.15) is 17.6 Å². The summed E-state index contributed by atoms with van der Waals surface area (Å²) in [7, 11) is 0. The molecule has 7 rings (SSSR count). The van der Waals surface area contributed by atoms with Gasteiger partial charge in [-0.05, 0) is 72.8 Å². The first-order valence-corrected chi connectivity index (χ1v) is 16.3. The second-order valence-electron chi connectivity index (χ2n) is 12.0. The number of hydrogen-bond acceptors (Lipinski definition) is 6. The van der Waals surface area contributed by atoms with Crippen LogP contribution in [0.2, 0.25) is 0 Å². The minimum atomic E-state index is -4.12. The van der Waals surface area contributed by atoms with Gasteiger partial charge in [0.2, 0.25) is 5.78 Å². The Balaban J connectivity index is 0.000000193. The number of nitrogens with zero attached hydrogens (tertiary/aromatic N) is 4. The van der Waals surface area contributed by atoms with Gasteiger partial charge in [-0.3, -0.25) is 14.8 Å². The van der Waals surface area contributed by atoms with Crippen molar-refractivity contribution in [2.75, 3.05) is 6.61 Å². The lowest BCUT2D eigenvalue weighted by atomic mass is 9.90. The molecule has 1 unspecified atom stereocenters. The first kappa shape index (κ1) is 39.5. The van der Waals surface area contributed by atoms with Crippen LogP contribution in [0, 0.1) is 36.4 Å². The molecule has 8 nitrogen and oxygen atoms in total. The number of halogens is 8. The number of pyridine rings is 2. The van der Waals surface area contributed by atoms with Crippen molar-refractivity contribution < 1.29 is 54.1 Å². The third kappa shape index (κ3) is 8.41. The van der Waals surface area contributed by atoms with Crippen molar-refractivity contribution in [3.63, 3.8) is 0 Å². The molecule has 1 fully saturated rings. The molecule has 4 aromatic carbocycles. The third-order valence-electron chi connectivity index (χ3n) is 8.29. The first-order chi connectivity index (χ1) is 27.2. The molecule has 0 bridgehead atoms. The van der Waals surface area contributed by atoms with Gasteiger partial charge in [0.25, 0.3) is 0 Å². The van der Waals surface area contributed by atoms with Gasteiger partial charge in [-0.1, -0.05) is 24.3 Å². The van der Waals surface area contributed by atoms with Crippen molar-refractivity contribution in [2.45, 2.75) is 17.4 Å². The highest BCUT2D eigenvalue weighted by Crippen LogP contribution is 2.56. The largest absolute Gasteiger partial charge is 0.456 e. The molecule has 1 atom stereocenters. The first-order valence-electron chi connectivity index (χ1n) is 16.3. The van der Waals surface area contributed by atoms with Crippen LogP contribution in [0.25, 0.3) is 9.69 Å². The summed E-state index contributed by atoms with van der Waals surface area (Å²) in [6.45, 7) is 13.4. The van der Waals surface area contributed by atoms with Gasteiger partial charge in [0, 0.05) is 17.7 Å². The predicted octanol–water partition coefficient (Wildman–Crippen LogP) is 11.4. The van der Waals surface area contributed by atoms with Crippen LogP contribution in [-0.4, -0.2) is 22.4 Å². The Kier molecular flexibility index (Phi) is 11.0. The zero-order chi connectivity index (χ0) is 41.0. The highest BCUT2D eigenvalue weighted by Gasteiger charge is 2.68. The van der Waals surface area contributed by atoms with Crippen molar-refractivity contribution in [2.24, 2.45) is 0 Å². The van der Waals surface area contributed by atoms with E-state index in [0.29, 0.717) is 41.1 Å². The molecule has 0 saturated carbocycles. The fourth-order valence-electron chi connectivity index (χ4n) is 5.26. The molecule has 1 aliphatic rings. The summed E-state index contributed by atoms with van der Waals surface area (Å²) in [6, 6.07) is 20.9. The lowest BCUT2D eigenvalue weighted by Gasteiger charge is -2.24. The van der Waals surface area contributed by atoms with Crippen LogP contribution < -0.4 is 9.47 Å². The van der Waals surface area contributed by atoms with Crippen LogP contribution >= 0.6 is 0 Å². The number of Topliss-reactive ketones (excluding diaryl/α,β-unsaturated/α-hetero) is 1. The maximum Gasteiger partial charge on any atom is 0.351 e. The van der Waals surface area contributed by atoms with Crippen LogP contribution in [0.1, 0.15) is 27.3 Å². The zero-order valence-corrected chi connectivity index (χ0v) is 28.7. The molecular weight excluding hydrogens is 764 g/mol. The average Bonchev–Trinajstić information content (AvgIpc) is 4.02. The average molecular weight is 787 g/mol. The Morgan fingerprint density at radius 3 is 1.51 bits per heavy atom. The van der Waals surface area contributed by atoms with Crippen LogP contribution in [0.3, 0.4) is 0 Å². The van der Waals surface area contributed by atoms with E-state index < -0.39 is 75.6 Å². The second-order valence-corrected chi connectivity index (χ2v) is 12.0. The molecule has 2 aromatic heterocycles. The Morgan fingerprint density at radius 2 is 1.09 bits per heavy atom. The van der Waals surface area contributed by atoms with E-state index in [1.54, 1.807) is 24.3 Å². The minimum absolute atomic E-state index is 0.121. The number of ether oxygens (including phenoxy) is 3. The SMILES string of the molecule is [C-]#[N+]c1ccc(Oc2ccc(C(F)(F)C(=O)c3ccc(F)cc3F)nc2)cc1.[C-]#[N+]c1ccc(Oc2ccc(C(F)(F)C3(c4ccc(F)cc4F)CO3)nc2)cc1. The Morgan fingerprint density at radius 1 is 0.632 bits per heavy atom. The molecule has 16 heteroatoms. The number of hydrogen-bond donors (Lipinski definition) is 0. The van der Waals surface area contributed by atoms with Gasteiger partial charge in [-0.25, -0.2) is 27.3 Å². The van der Waals surface area contributed by atoms with Crippen molar-refractivity contribution in [3.8, 4) is 23.0 Å². The number of alkyl halides is 4. The normalized spacial score (nSPS) is 14.6. The summed E-state index contributed by atoms with van der Waals surface area (Å²) in [5.41, 5.74) is -4.28. The number of benzene rings is 4. The summed E-state index contributed by atoms with van der Waals surface area (Å²) < 4.78 is 129. The van der Waals surface area contributed by atoms with E-state index in [9.17, 15) is 31.1 Å². The van der Waals surface area contributed by atoms with Crippen molar-refractivity contribution >= 4 is 17.2 Å². The third-order valence-corrected chi connectivity index (χ3v) is 8.29. The maximum atomic E-state index is 15.1. The van der Waals surface area contributed by atoms with Crippen molar-refractivity contribution in [1.29, 1.82) is 0 Å². The summed E-state index contributed by atoms with van der Waals surface area (Å²) in [6.07, 6.45) is 2.10. The number of carbonyl (C=O) groups excluding carboxylic acids is 1. The van der Waals surface area contributed by atoms with Gasteiger partial charge >= 0.3 is 11.8 Å². The molecule has 0 spiro atoms. The van der Waals surface area contributed by atoms with Crippen LogP contribution in [-0.2, 0) is 22.2 Å². The number of rotatable bonds is 10. The van der Waals surface area contributed by atoms with Gasteiger partial charge < -0.3 is 14.2 Å². The molecule has 0 amide bonds. The van der Waals surface area contributed by atoms with Gasteiger partial charge in [0.1, 0.15) is 57.7 Å². The second kappa shape index (κ2) is 15.9. The fourth-order valence-corrected chi connectivity index (χ4v) is 5.26. The minimum Gasteiger partial charge on any atom is -0.456 e. The van der Waals surface area contributed by atoms with Crippen molar-refractivity contribution in [1.82, 2.24) is 9.97 Å². The van der Waals surface area contributed by atoms with Crippen LogP contribution in [0.4, 0.5) is 46.5 Å². The van der Waals surface area contributed by atoms with Crippen LogP contribution in [0.5, 0.6) is 23.0 Å². The quantitative estimate of drug-likeness (QED) is 0.0595. The lowest BCUT2D eigenvalue weighted by molar-refractivity contribution is -0.0902. The number of epoxide rings is 1. The molecule has 6 aromatic rings. The van der Waals surface area contributed by atoms with E-state index in [-0.39, 0.29) is 11.5 Å². The summed E-state index contributed by atoms with van der Waals surface area (Å²) in [5.74, 6) is -12.8. The van der Waals surface area contributed by atoms with Gasteiger partial charge in [0.05, 0.1) is 37.7 Å². The topological polar surface area (TPSA) is 82.6 Å². The monoisotopic (exact) mass is 786 g/mol. The van der Waals surface area contributed by atoms with E-state index in [1.165, 1.54) is 36.4 Å². The fraction of sp³-hybridized carbons (Fsp3) is 0.0976. The Bertz CT molecular complexity index is 2500. The van der Waals surface area contributed by atoms with E-state index in [4.69, 9.17) is 27.4 Å². The van der Waals surface area contributed by atoms with Gasteiger partial charge in [-0.15, -0.1) is 0 Å². The highest BCUT2D eigenvalue weighted by molar-refractivity contribution is 6.01. The highest BCUT2D eigenvalue weighted by atomic mass is 19.3. The summed E-state index contributed by atoms with van der Waals surface area (Å²) in [5, 5.41) is 0. The van der Waals surface area contributed by atoms with Crippen LogP contribution in [0.15, 0.2) is 122 Å². The maximum absolute atomic E-state index is 15.1. The zero-order valence-electron chi connectivity index (χ0n) is 28.7. The standard InChI is InChI=1S/C21H12F4N2O2.C20H10F4N2O2/c1-26-14-3-5-15(6-4-14)29-16-7-9-19(27-11-16)21(24,25)20(12-28-20)17-8-2-13(22)10-18(17)23;1-25-13-3-5-14(6-4-13)28-15-7-9-18(26-11-15)20(23,24)19(27)16-8-2-12(21)10-17(16)22/h2-11H,12H2;2-11H. The predicted molar refractivity (Wildman–Crippen MR) is 186 cm³/mol. The molecule has 0 N–H and O–H groups in total. The van der Waals surface area contributed by atoms with Crippen molar-refractivity contribution in [3.05, 3.63) is 190 Å². The molecule has 1 aliphatic heterocycles. The number of carbonyl (C=O) groups is 1. The number of aromatic nitrogens is 2. The van der Waals surface area contributed by atoms with Gasteiger partial charge in [0.15, 0.2) is 17.0 Å². The van der Waals surface area contributed by atoms with E-state index in [1.807, 2.05) is 0 Å². The molecule has 57 heavy (non-hydrogen) atoms. The van der Waals surface area contributed by atoms with E-state index >= 15 is 8.78 Å². The summed E-state index contributed by atoms with van der Waals surface area (Å²) in [4.78, 5) is 25.8. The molecule has 286 valence electrons. The lowest BCUT2D eigenvalue weighted by Crippen LogP contribution is -2.34. The molecular formula is C41H22F8N4O4. The molecule has 3 heterocycles. The Hall–Kier alpha value is -7.17. The molecule has 1 saturated heterocycles. The number of ketones is 1.